The van der Waals surface area contributed by atoms with E-state index < -0.39 is 0 Å². The molecule has 0 aliphatic carbocycles. The summed E-state index contributed by atoms with van der Waals surface area (Å²) >= 11 is 0. The van der Waals surface area contributed by atoms with Crippen molar-refractivity contribution < 1.29 is 9.15 Å². The molecule has 18 heavy (non-hydrogen) atoms. The zero-order chi connectivity index (χ0) is 12.5. The fourth-order valence-corrected chi connectivity index (χ4v) is 2.07. The molecule has 4 nitrogen and oxygen atoms in total. The lowest BCUT2D eigenvalue weighted by Crippen LogP contribution is -1.85. The summed E-state index contributed by atoms with van der Waals surface area (Å²) < 4.78 is 10.6. The second kappa shape index (κ2) is 4.14. The summed E-state index contributed by atoms with van der Waals surface area (Å²) in [5, 5.41) is 1.13. The molecule has 92 valence electrons. The molecule has 0 spiro atoms. The topological polar surface area (TPSA) is 64.2 Å². The number of nitrogens with one attached hydrogen (secondary N) is 1. The number of rotatable bonds is 3. The Morgan fingerprint density at radius 3 is 2.83 bits per heavy atom. The quantitative estimate of drug-likeness (QED) is 0.742. The lowest BCUT2D eigenvalue weighted by Gasteiger charge is -1.97. The number of fused-ring (bicyclic) bond motifs is 1. The molecule has 3 aromatic rings. The van der Waals surface area contributed by atoms with E-state index in [9.17, 15) is 0 Å². The second-order valence-electron chi connectivity index (χ2n) is 4.23. The Balaban J connectivity index is 1.93. The number of aromatic nitrogens is 1. The molecule has 0 aliphatic rings. The minimum Gasteiger partial charge on any atom is -0.497 e. The average Bonchev–Trinajstić information content (AvgIpc) is 2.94. The lowest BCUT2D eigenvalue weighted by molar-refractivity contribution is 0.415. The van der Waals surface area contributed by atoms with Crippen molar-refractivity contribution >= 4 is 16.8 Å². The van der Waals surface area contributed by atoms with Crippen LogP contribution in [0.15, 0.2) is 40.8 Å². The maximum Gasteiger partial charge on any atom is 0.190 e. The van der Waals surface area contributed by atoms with E-state index in [0.29, 0.717) is 12.3 Å². The van der Waals surface area contributed by atoms with Crippen molar-refractivity contribution in [3.63, 3.8) is 0 Å². The number of ether oxygens (including phenoxy) is 1. The number of nitrogen functional groups attached to an aromatic ring is 1. The van der Waals surface area contributed by atoms with Gasteiger partial charge in [0.2, 0.25) is 0 Å². The van der Waals surface area contributed by atoms with Gasteiger partial charge in [-0.1, -0.05) is 0 Å². The van der Waals surface area contributed by atoms with Gasteiger partial charge in [0.05, 0.1) is 7.11 Å². The molecule has 0 bridgehead atoms. The Morgan fingerprint density at radius 2 is 2.11 bits per heavy atom. The van der Waals surface area contributed by atoms with Crippen molar-refractivity contribution in [1.82, 2.24) is 4.98 Å². The highest BCUT2D eigenvalue weighted by Crippen LogP contribution is 2.23. The van der Waals surface area contributed by atoms with E-state index in [0.717, 1.165) is 28.1 Å². The van der Waals surface area contributed by atoms with Crippen LogP contribution in [0.25, 0.3) is 10.9 Å². The van der Waals surface area contributed by atoms with Crippen LogP contribution in [0.3, 0.4) is 0 Å². The molecule has 0 amide bonds. The molecule has 0 fully saturated rings. The molecule has 3 N–H and O–H groups in total. The largest absolute Gasteiger partial charge is 0.497 e. The van der Waals surface area contributed by atoms with E-state index in [1.165, 1.54) is 0 Å². The van der Waals surface area contributed by atoms with Gasteiger partial charge >= 0.3 is 0 Å². The van der Waals surface area contributed by atoms with E-state index >= 15 is 0 Å². The number of methoxy groups -OCH3 is 1. The summed E-state index contributed by atoms with van der Waals surface area (Å²) in [6, 6.07) is 11.7. The first-order chi connectivity index (χ1) is 8.74. The van der Waals surface area contributed by atoms with Gasteiger partial charge in [-0.25, -0.2) is 0 Å². The van der Waals surface area contributed by atoms with E-state index in [2.05, 4.69) is 11.1 Å². The molecule has 2 aromatic heterocycles. The van der Waals surface area contributed by atoms with Crippen LogP contribution in [0.1, 0.15) is 11.5 Å². The van der Waals surface area contributed by atoms with Gasteiger partial charge in [0, 0.05) is 29.1 Å². The second-order valence-corrected chi connectivity index (χ2v) is 4.23. The van der Waals surface area contributed by atoms with Crippen LogP contribution < -0.4 is 10.5 Å². The molecule has 1 aromatic carbocycles. The molecule has 0 radical (unpaired) electrons. The first kappa shape index (κ1) is 10.8. The van der Waals surface area contributed by atoms with Gasteiger partial charge in [-0.05, 0) is 30.3 Å². The minimum absolute atomic E-state index is 0.447. The van der Waals surface area contributed by atoms with Crippen molar-refractivity contribution in [1.29, 1.82) is 0 Å². The van der Waals surface area contributed by atoms with Gasteiger partial charge < -0.3 is 19.9 Å². The molecular formula is C14H14N2O2. The van der Waals surface area contributed by atoms with Crippen LogP contribution in [0, 0.1) is 0 Å². The lowest BCUT2D eigenvalue weighted by atomic mass is 10.2. The van der Waals surface area contributed by atoms with Crippen molar-refractivity contribution in [2.75, 3.05) is 12.8 Å². The van der Waals surface area contributed by atoms with Crippen LogP contribution in [0.4, 0.5) is 5.88 Å². The normalized spacial score (nSPS) is 10.9. The summed E-state index contributed by atoms with van der Waals surface area (Å²) in [4.78, 5) is 3.35. The highest BCUT2D eigenvalue weighted by Gasteiger charge is 2.05. The van der Waals surface area contributed by atoms with Gasteiger partial charge in [-0.3, -0.25) is 0 Å². The predicted molar refractivity (Wildman–Crippen MR) is 70.8 cm³/mol. The SMILES string of the molecule is COc1ccc2[nH]c(Cc3ccc(N)o3)cc2c1. The highest BCUT2D eigenvalue weighted by atomic mass is 16.5. The van der Waals surface area contributed by atoms with Crippen LogP contribution in [-0.4, -0.2) is 12.1 Å². The maximum absolute atomic E-state index is 5.55. The van der Waals surface area contributed by atoms with Crippen molar-refractivity contribution in [2.45, 2.75) is 6.42 Å². The smallest absolute Gasteiger partial charge is 0.190 e. The Hall–Kier alpha value is -2.36. The van der Waals surface area contributed by atoms with Crippen LogP contribution in [0.2, 0.25) is 0 Å². The monoisotopic (exact) mass is 242 g/mol. The molecule has 0 saturated carbocycles. The number of anilines is 1. The third-order valence-corrected chi connectivity index (χ3v) is 2.93. The Bertz CT molecular complexity index is 682. The molecular weight excluding hydrogens is 228 g/mol. The van der Waals surface area contributed by atoms with Gasteiger partial charge in [-0.15, -0.1) is 0 Å². The van der Waals surface area contributed by atoms with Crippen LogP contribution in [-0.2, 0) is 6.42 Å². The van der Waals surface area contributed by atoms with E-state index in [-0.39, 0.29) is 0 Å². The van der Waals surface area contributed by atoms with Crippen molar-refractivity contribution in [3.8, 4) is 5.75 Å². The molecule has 3 rings (SSSR count). The number of nitrogens with two attached hydrogens (primary N) is 1. The van der Waals surface area contributed by atoms with Crippen LogP contribution >= 0.6 is 0 Å². The van der Waals surface area contributed by atoms with Gasteiger partial charge in [0.25, 0.3) is 0 Å². The molecule has 0 aliphatic heterocycles. The zero-order valence-electron chi connectivity index (χ0n) is 10.1. The average molecular weight is 242 g/mol. The molecule has 0 atom stereocenters. The molecule has 0 saturated heterocycles. The van der Waals surface area contributed by atoms with Crippen molar-refractivity contribution in [3.05, 3.63) is 47.9 Å². The summed E-state index contributed by atoms with van der Waals surface area (Å²) in [6.07, 6.45) is 0.703. The molecule has 4 heteroatoms. The summed E-state index contributed by atoms with van der Waals surface area (Å²) in [7, 11) is 1.67. The van der Waals surface area contributed by atoms with E-state index in [4.69, 9.17) is 14.9 Å². The minimum atomic E-state index is 0.447. The number of benzene rings is 1. The number of hydrogen-bond donors (Lipinski definition) is 2. The number of furan rings is 1. The predicted octanol–water partition coefficient (Wildman–Crippen LogP) is 2.94. The Morgan fingerprint density at radius 1 is 1.22 bits per heavy atom. The standard InChI is InChI=1S/C14H14N2O2/c1-17-11-2-4-13-9(7-11)6-10(16-13)8-12-3-5-14(15)18-12/h2-7,16H,8,15H2,1H3. The Kier molecular flexibility index (Phi) is 2.48. The number of H-pyrrole nitrogens is 1. The van der Waals surface area contributed by atoms with E-state index in [1.54, 1.807) is 13.2 Å². The fraction of sp³-hybridized carbons (Fsp3) is 0.143. The summed E-state index contributed by atoms with van der Waals surface area (Å²) in [5.74, 6) is 2.16. The third-order valence-electron chi connectivity index (χ3n) is 2.93. The first-order valence-electron chi connectivity index (χ1n) is 5.74. The maximum atomic E-state index is 5.55. The highest BCUT2D eigenvalue weighted by molar-refractivity contribution is 5.82. The first-order valence-corrected chi connectivity index (χ1v) is 5.74. The zero-order valence-corrected chi connectivity index (χ0v) is 10.1. The number of hydrogen-bond acceptors (Lipinski definition) is 3. The van der Waals surface area contributed by atoms with Crippen LogP contribution in [0.5, 0.6) is 5.75 Å². The summed E-state index contributed by atoms with van der Waals surface area (Å²) in [6.45, 7) is 0. The number of aromatic amines is 1. The van der Waals surface area contributed by atoms with Gasteiger partial charge in [0.15, 0.2) is 5.88 Å². The fourth-order valence-electron chi connectivity index (χ4n) is 2.07. The van der Waals surface area contributed by atoms with Crippen molar-refractivity contribution in [2.24, 2.45) is 0 Å². The van der Waals surface area contributed by atoms with E-state index in [1.807, 2.05) is 24.3 Å². The summed E-state index contributed by atoms with van der Waals surface area (Å²) in [5.41, 5.74) is 7.73. The van der Waals surface area contributed by atoms with Gasteiger partial charge in [-0.2, -0.15) is 0 Å². The molecule has 0 unspecified atom stereocenters. The Labute approximate surface area is 104 Å². The third kappa shape index (κ3) is 1.93. The molecule has 2 heterocycles. The van der Waals surface area contributed by atoms with Gasteiger partial charge in [0.1, 0.15) is 11.5 Å².